The molecule has 0 radical (unpaired) electrons. The molecule has 1 atom stereocenters. The topological polar surface area (TPSA) is 125 Å². The lowest BCUT2D eigenvalue weighted by Crippen LogP contribution is -2.42. The van der Waals surface area contributed by atoms with Crippen molar-refractivity contribution in [3.8, 4) is 11.5 Å². The van der Waals surface area contributed by atoms with Gasteiger partial charge in [0, 0.05) is 13.1 Å². The van der Waals surface area contributed by atoms with E-state index in [1.807, 2.05) is 67.4 Å². The average Bonchev–Trinajstić information content (AvgIpc) is 2.81. The van der Waals surface area contributed by atoms with Crippen LogP contribution in [0.2, 0.25) is 0 Å². The number of carboxylic acid groups (broad SMARTS) is 2. The highest BCUT2D eigenvalue weighted by molar-refractivity contribution is 6.27. The summed E-state index contributed by atoms with van der Waals surface area (Å²) >= 11 is 0. The van der Waals surface area contributed by atoms with Crippen LogP contribution in [-0.2, 0) is 27.5 Å². The average molecular weight is 475 g/mol. The Morgan fingerprint density at radius 3 is 2.09 bits per heavy atom. The van der Waals surface area contributed by atoms with E-state index in [0.717, 1.165) is 22.6 Å². The number of rotatable bonds is 10. The van der Waals surface area contributed by atoms with Crippen molar-refractivity contribution in [2.45, 2.75) is 39.9 Å². The molecule has 0 aliphatic rings. The van der Waals surface area contributed by atoms with Gasteiger partial charge < -0.3 is 25.0 Å². The zero-order chi connectivity index (χ0) is 25.7. The van der Waals surface area contributed by atoms with Crippen LogP contribution in [0.5, 0.6) is 11.5 Å². The van der Waals surface area contributed by atoms with E-state index in [2.05, 4.69) is 19.2 Å². The largest absolute Gasteiger partial charge is 0.493 e. The second kappa shape index (κ2) is 14.5. The lowest BCUT2D eigenvalue weighted by molar-refractivity contribution is -0.159. The number of nitrogens with zero attached hydrogens (tertiary/aromatic N) is 1. The molecule has 1 unspecified atom stereocenters. The number of ether oxygens (including phenoxy) is 2. The summed E-state index contributed by atoms with van der Waals surface area (Å²) in [5.74, 6) is -1.74. The maximum atomic E-state index is 12.5. The van der Waals surface area contributed by atoms with Crippen molar-refractivity contribution in [3.05, 3.63) is 59.7 Å². The first-order valence-corrected chi connectivity index (χ1v) is 10.8. The number of hydrogen-bond donors (Lipinski definition) is 3. The van der Waals surface area contributed by atoms with Crippen LogP contribution in [0.1, 0.15) is 31.9 Å². The van der Waals surface area contributed by atoms with E-state index < -0.39 is 11.9 Å². The van der Waals surface area contributed by atoms with Gasteiger partial charge in [-0.3, -0.25) is 9.69 Å². The van der Waals surface area contributed by atoms with Gasteiger partial charge in [-0.25, -0.2) is 9.59 Å². The number of carboxylic acids is 2. The Kier molecular flexibility index (Phi) is 12.2. The quantitative estimate of drug-likeness (QED) is 0.449. The normalized spacial score (nSPS) is 11.3. The predicted octanol–water partition coefficient (Wildman–Crippen LogP) is 3.02. The van der Waals surface area contributed by atoms with Crippen LogP contribution < -0.4 is 14.8 Å². The van der Waals surface area contributed by atoms with Gasteiger partial charge in [0.1, 0.15) is 0 Å². The fourth-order valence-electron chi connectivity index (χ4n) is 2.75. The minimum Gasteiger partial charge on any atom is -0.493 e. The van der Waals surface area contributed by atoms with Gasteiger partial charge in [0.25, 0.3) is 0 Å². The van der Waals surface area contributed by atoms with E-state index >= 15 is 0 Å². The van der Waals surface area contributed by atoms with Crippen molar-refractivity contribution in [2.24, 2.45) is 5.92 Å². The lowest BCUT2D eigenvalue weighted by Gasteiger charge is -2.24. The molecule has 9 nitrogen and oxygen atoms in total. The number of carbonyl (C=O) groups is 3. The van der Waals surface area contributed by atoms with E-state index in [1.165, 1.54) is 0 Å². The SMILES string of the molecule is COc1ccc(CN(C)C(C)C(=O)NCc2ccccc2)cc1OCC(C)C.O=C(O)C(=O)O. The van der Waals surface area contributed by atoms with Crippen LogP contribution in [0.15, 0.2) is 48.5 Å². The Hall–Kier alpha value is -3.59. The first-order chi connectivity index (χ1) is 16.0. The Balaban J connectivity index is 0.000000852. The molecular formula is C25H34N2O7. The van der Waals surface area contributed by atoms with Crippen LogP contribution in [0.25, 0.3) is 0 Å². The molecule has 2 aromatic rings. The number of carbonyl (C=O) groups excluding carboxylic acids is 1. The summed E-state index contributed by atoms with van der Waals surface area (Å²) in [6.45, 7) is 7.95. The van der Waals surface area contributed by atoms with Crippen molar-refractivity contribution in [3.63, 3.8) is 0 Å². The monoisotopic (exact) mass is 474 g/mol. The number of nitrogens with one attached hydrogen (secondary N) is 1. The molecule has 1 amide bonds. The first kappa shape index (κ1) is 28.4. The summed E-state index contributed by atoms with van der Waals surface area (Å²) in [7, 11) is 3.59. The predicted molar refractivity (Wildman–Crippen MR) is 128 cm³/mol. The zero-order valence-corrected chi connectivity index (χ0v) is 20.3. The van der Waals surface area contributed by atoms with Crippen LogP contribution in [0, 0.1) is 5.92 Å². The zero-order valence-electron chi connectivity index (χ0n) is 20.3. The number of benzene rings is 2. The number of amides is 1. The van der Waals surface area contributed by atoms with E-state index in [1.54, 1.807) is 7.11 Å². The maximum absolute atomic E-state index is 12.5. The minimum absolute atomic E-state index is 0.0103. The summed E-state index contributed by atoms with van der Waals surface area (Å²) < 4.78 is 11.3. The third-order valence-corrected chi connectivity index (χ3v) is 4.77. The lowest BCUT2D eigenvalue weighted by atomic mass is 10.1. The first-order valence-electron chi connectivity index (χ1n) is 10.8. The van der Waals surface area contributed by atoms with Crippen LogP contribution >= 0.6 is 0 Å². The van der Waals surface area contributed by atoms with Crippen LogP contribution in [0.4, 0.5) is 0 Å². The molecule has 2 aromatic carbocycles. The molecule has 0 heterocycles. The summed E-state index contributed by atoms with van der Waals surface area (Å²) in [5, 5.41) is 17.8. The Morgan fingerprint density at radius 1 is 0.941 bits per heavy atom. The molecule has 0 spiro atoms. The third kappa shape index (κ3) is 10.4. The molecular weight excluding hydrogens is 440 g/mol. The fraction of sp³-hybridized carbons (Fsp3) is 0.400. The molecule has 9 heteroatoms. The van der Waals surface area contributed by atoms with E-state index in [-0.39, 0.29) is 11.9 Å². The smallest absolute Gasteiger partial charge is 0.414 e. The molecule has 34 heavy (non-hydrogen) atoms. The second-order valence-corrected chi connectivity index (χ2v) is 8.09. The van der Waals surface area contributed by atoms with Crippen molar-refractivity contribution in [2.75, 3.05) is 20.8 Å². The van der Waals surface area contributed by atoms with Gasteiger partial charge in [0.2, 0.25) is 5.91 Å². The molecule has 0 saturated heterocycles. The number of aliphatic carboxylic acids is 2. The van der Waals surface area contributed by atoms with Crippen LogP contribution in [0.3, 0.4) is 0 Å². The second-order valence-electron chi connectivity index (χ2n) is 8.09. The molecule has 0 fully saturated rings. The molecule has 2 rings (SSSR count). The Morgan fingerprint density at radius 2 is 1.56 bits per heavy atom. The molecule has 0 bridgehead atoms. The highest BCUT2D eigenvalue weighted by Crippen LogP contribution is 2.29. The van der Waals surface area contributed by atoms with E-state index in [4.69, 9.17) is 29.3 Å². The molecule has 0 aliphatic carbocycles. The Labute approximate surface area is 200 Å². The number of hydrogen-bond acceptors (Lipinski definition) is 6. The van der Waals surface area contributed by atoms with E-state index in [0.29, 0.717) is 25.6 Å². The van der Waals surface area contributed by atoms with Gasteiger partial charge in [-0.1, -0.05) is 50.2 Å². The molecule has 186 valence electrons. The highest BCUT2D eigenvalue weighted by Gasteiger charge is 2.18. The van der Waals surface area contributed by atoms with Gasteiger partial charge in [0.05, 0.1) is 19.8 Å². The molecule has 3 N–H and O–H groups in total. The van der Waals surface area contributed by atoms with Gasteiger partial charge >= 0.3 is 11.9 Å². The number of likely N-dealkylation sites (N-methyl/N-ethyl adjacent to an activating group) is 1. The molecule has 0 aromatic heterocycles. The summed E-state index contributed by atoms with van der Waals surface area (Å²) in [6.07, 6.45) is 0. The fourth-order valence-corrected chi connectivity index (χ4v) is 2.75. The van der Waals surface area contributed by atoms with E-state index in [9.17, 15) is 4.79 Å². The summed E-state index contributed by atoms with van der Waals surface area (Å²) in [4.78, 5) is 32.7. The molecule has 0 saturated carbocycles. The Bertz CT molecular complexity index is 920. The summed E-state index contributed by atoms with van der Waals surface area (Å²) in [6, 6.07) is 15.6. The highest BCUT2D eigenvalue weighted by atomic mass is 16.5. The van der Waals surface area contributed by atoms with Gasteiger partial charge in [0.15, 0.2) is 11.5 Å². The third-order valence-electron chi connectivity index (χ3n) is 4.77. The summed E-state index contributed by atoms with van der Waals surface area (Å²) in [5.41, 5.74) is 2.16. The van der Waals surface area contributed by atoms with Gasteiger partial charge in [-0.2, -0.15) is 0 Å². The van der Waals surface area contributed by atoms with Gasteiger partial charge in [-0.05, 0) is 43.1 Å². The van der Waals surface area contributed by atoms with Crippen LogP contribution in [-0.4, -0.2) is 59.8 Å². The van der Waals surface area contributed by atoms with Gasteiger partial charge in [-0.15, -0.1) is 0 Å². The maximum Gasteiger partial charge on any atom is 0.414 e. The standard InChI is InChI=1S/C23H32N2O3.C2H2O4/c1-17(2)16-28-22-13-20(11-12-21(22)27-5)15-25(4)18(3)23(26)24-14-19-9-7-6-8-10-19;3-1(4)2(5)6/h6-13,17-18H,14-16H2,1-5H3,(H,24,26);(H,3,4)(H,5,6). The van der Waals surface area contributed by atoms with Crippen molar-refractivity contribution in [1.29, 1.82) is 0 Å². The van der Waals surface area contributed by atoms with Crippen molar-refractivity contribution in [1.82, 2.24) is 10.2 Å². The number of methoxy groups -OCH3 is 1. The minimum atomic E-state index is -1.82. The molecule has 0 aliphatic heterocycles. The van der Waals surface area contributed by atoms with Crippen molar-refractivity contribution >= 4 is 17.8 Å². The van der Waals surface area contributed by atoms with Crippen molar-refractivity contribution < 1.29 is 34.1 Å².